The number of carbonyl (C=O) groups excluding carboxylic acids is 1. The molecule has 2 aromatic carbocycles. The number of hydrogen-bond acceptors (Lipinski definition) is 7. The lowest BCUT2D eigenvalue weighted by Crippen LogP contribution is -2.72. The van der Waals surface area contributed by atoms with Crippen LogP contribution in [-0.4, -0.2) is 79.9 Å². The molecule has 1 amide bonds. The van der Waals surface area contributed by atoms with E-state index in [4.69, 9.17) is 4.74 Å². The molecule has 0 radical (unpaired) electrons. The lowest BCUT2D eigenvalue weighted by molar-refractivity contribution is -0.207. The Bertz CT molecular complexity index is 1940. The maximum absolute atomic E-state index is 14.5. The van der Waals surface area contributed by atoms with E-state index in [1.54, 1.807) is 0 Å². The Balaban J connectivity index is 1.11. The number of ether oxygens (including phenoxy) is 1. The van der Waals surface area contributed by atoms with Crippen molar-refractivity contribution in [2.45, 2.75) is 62.7 Å². The van der Waals surface area contributed by atoms with E-state index in [9.17, 15) is 18.8 Å². The molecule has 0 atom stereocenters. The minimum Gasteiger partial charge on any atom is -0.379 e. The fourth-order valence-corrected chi connectivity index (χ4v) is 7.66. The molecule has 4 heterocycles. The minimum absolute atomic E-state index is 0.0504. The first-order valence-corrected chi connectivity index (χ1v) is 16.2. The average Bonchev–Trinajstić information content (AvgIpc) is 3.91. The van der Waals surface area contributed by atoms with Gasteiger partial charge >= 0.3 is 5.69 Å². The maximum Gasteiger partial charge on any atom is 0.337 e. The van der Waals surface area contributed by atoms with Gasteiger partial charge in [0.05, 0.1) is 30.5 Å². The minimum atomic E-state index is -0.635. The first kappa shape index (κ1) is 29.2. The third-order valence-corrected chi connectivity index (χ3v) is 10.4. The zero-order chi connectivity index (χ0) is 31.6. The number of aromatic nitrogens is 3. The van der Waals surface area contributed by atoms with Gasteiger partial charge in [-0.05, 0) is 73.4 Å². The molecular weight excluding hydrogens is 587 g/mol. The molecule has 4 aliphatic rings. The summed E-state index contributed by atoms with van der Waals surface area (Å²) in [6.07, 6.45) is 5.35. The highest BCUT2D eigenvalue weighted by molar-refractivity contribution is 5.94. The molecule has 2 aliphatic carbocycles. The SMILES string of the molecule is CN1N(C2CCC(n3c(=O)c4cc(F)cnc4n(-c4cccc(-c5ccc(CN6CCOCC6)cc5)c4)c3=O)CC2)C(=O)C12CC2. The monoisotopic (exact) mass is 624 g/mol. The average molecular weight is 625 g/mol. The standard InChI is InChI=1S/C35H37FN6O4/c1-38-35(13-14-35)33(44)42(38)28-11-9-27(10-12-28)41-32(43)30-20-26(36)21-37-31(30)40(34(41)45)29-4-2-3-25(19-29)24-7-5-23(6-8-24)22-39-15-17-46-18-16-39/h2-8,19-21,27-28H,9-18,22H2,1H3. The van der Waals surface area contributed by atoms with Gasteiger partial charge in [0, 0.05) is 38.8 Å². The Labute approximate surface area is 265 Å². The van der Waals surface area contributed by atoms with Gasteiger partial charge in [0.1, 0.15) is 11.4 Å². The fourth-order valence-electron chi connectivity index (χ4n) is 7.66. The summed E-state index contributed by atoms with van der Waals surface area (Å²) in [5, 5.41) is 4.01. The quantitative estimate of drug-likeness (QED) is 0.322. The van der Waals surface area contributed by atoms with Crippen molar-refractivity contribution >= 4 is 16.9 Å². The molecule has 8 rings (SSSR count). The molecular formula is C35H37FN6O4. The summed E-state index contributed by atoms with van der Waals surface area (Å²) in [6.45, 7) is 4.22. The van der Waals surface area contributed by atoms with Crippen LogP contribution in [0, 0.1) is 5.82 Å². The van der Waals surface area contributed by atoms with Gasteiger partial charge in [-0.2, -0.15) is 0 Å². The van der Waals surface area contributed by atoms with E-state index in [1.807, 2.05) is 36.3 Å². The summed E-state index contributed by atoms with van der Waals surface area (Å²) >= 11 is 0. The molecule has 0 bridgehead atoms. The molecule has 2 aliphatic heterocycles. The van der Waals surface area contributed by atoms with Crippen LogP contribution >= 0.6 is 0 Å². The maximum atomic E-state index is 14.5. The lowest BCUT2D eigenvalue weighted by atomic mass is 9.89. The molecule has 2 saturated carbocycles. The van der Waals surface area contributed by atoms with Crippen LogP contribution < -0.4 is 11.2 Å². The molecule has 4 aromatic rings. The van der Waals surface area contributed by atoms with Crippen LogP contribution in [0.5, 0.6) is 0 Å². The summed E-state index contributed by atoms with van der Waals surface area (Å²) < 4.78 is 22.7. The summed E-state index contributed by atoms with van der Waals surface area (Å²) in [5.41, 5.74) is 2.49. The molecule has 0 N–H and O–H groups in total. The topological polar surface area (TPSA) is 92.9 Å². The van der Waals surface area contributed by atoms with Crippen molar-refractivity contribution in [1.29, 1.82) is 0 Å². The molecule has 1 spiro atoms. The normalized spacial score (nSPS) is 23.2. The van der Waals surface area contributed by atoms with E-state index >= 15 is 0 Å². The number of benzene rings is 2. The van der Waals surface area contributed by atoms with Gasteiger partial charge in [0.15, 0.2) is 5.65 Å². The largest absolute Gasteiger partial charge is 0.379 e. The number of morpholine rings is 1. The van der Waals surface area contributed by atoms with E-state index in [0.717, 1.165) is 63.0 Å². The van der Waals surface area contributed by atoms with E-state index in [-0.39, 0.29) is 34.6 Å². The van der Waals surface area contributed by atoms with Gasteiger partial charge in [-0.25, -0.2) is 23.7 Å². The number of nitrogens with zero attached hydrogens (tertiary/aromatic N) is 6. The zero-order valence-electron chi connectivity index (χ0n) is 25.9. The zero-order valence-corrected chi connectivity index (χ0v) is 25.9. The van der Waals surface area contributed by atoms with Gasteiger partial charge in [0.2, 0.25) is 0 Å². The molecule has 2 saturated heterocycles. The van der Waals surface area contributed by atoms with Crippen LogP contribution in [0.4, 0.5) is 4.39 Å². The third kappa shape index (κ3) is 4.80. The predicted octanol–water partition coefficient (Wildman–Crippen LogP) is 3.89. The van der Waals surface area contributed by atoms with E-state index < -0.39 is 17.1 Å². The highest BCUT2D eigenvalue weighted by atomic mass is 19.1. The predicted molar refractivity (Wildman–Crippen MR) is 171 cm³/mol. The van der Waals surface area contributed by atoms with E-state index in [1.165, 1.54) is 20.8 Å². The van der Waals surface area contributed by atoms with Crippen molar-refractivity contribution in [3.63, 3.8) is 0 Å². The number of hydrogen-bond donors (Lipinski definition) is 0. The molecule has 2 aromatic heterocycles. The lowest BCUT2D eigenvalue weighted by Gasteiger charge is -2.53. The van der Waals surface area contributed by atoms with Crippen LogP contribution in [-0.2, 0) is 16.1 Å². The van der Waals surface area contributed by atoms with Crippen molar-refractivity contribution < 1.29 is 13.9 Å². The van der Waals surface area contributed by atoms with Gasteiger partial charge in [-0.3, -0.25) is 24.1 Å². The Morgan fingerprint density at radius 2 is 1.63 bits per heavy atom. The molecule has 238 valence electrons. The summed E-state index contributed by atoms with van der Waals surface area (Å²) in [4.78, 5) is 47.5. The Morgan fingerprint density at radius 1 is 0.913 bits per heavy atom. The van der Waals surface area contributed by atoms with Crippen molar-refractivity contribution in [2.75, 3.05) is 33.4 Å². The number of hydrazine groups is 1. The highest BCUT2D eigenvalue weighted by Gasteiger charge is 2.66. The van der Waals surface area contributed by atoms with Crippen molar-refractivity contribution in [3.8, 4) is 16.8 Å². The van der Waals surface area contributed by atoms with Gasteiger partial charge in [-0.15, -0.1) is 0 Å². The van der Waals surface area contributed by atoms with Crippen molar-refractivity contribution in [1.82, 2.24) is 29.0 Å². The van der Waals surface area contributed by atoms with Gasteiger partial charge in [-0.1, -0.05) is 36.4 Å². The number of pyridine rings is 1. The number of rotatable bonds is 6. The molecule has 4 fully saturated rings. The first-order chi connectivity index (χ1) is 22.3. The first-order valence-electron chi connectivity index (χ1n) is 16.2. The van der Waals surface area contributed by atoms with Gasteiger partial charge < -0.3 is 4.74 Å². The van der Waals surface area contributed by atoms with Crippen LogP contribution in [0.1, 0.15) is 50.1 Å². The Morgan fingerprint density at radius 3 is 2.33 bits per heavy atom. The molecule has 10 nitrogen and oxygen atoms in total. The molecule has 11 heteroatoms. The van der Waals surface area contributed by atoms with Crippen LogP contribution in [0.2, 0.25) is 0 Å². The number of fused-ring (bicyclic) bond motifs is 1. The van der Waals surface area contributed by atoms with Crippen LogP contribution in [0.15, 0.2) is 70.4 Å². The van der Waals surface area contributed by atoms with Crippen LogP contribution in [0.3, 0.4) is 0 Å². The van der Waals surface area contributed by atoms with E-state index in [2.05, 4.69) is 39.2 Å². The number of likely N-dealkylation sites (N-methyl/N-ethyl adjacent to an activating group) is 1. The fraction of sp³-hybridized carbons (Fsp3) is 0.429. The second-order valence-corrected chi connectivity index (χ2v) is 13.1. The smallest absolute Gasteiger partial charge is 0.337 e. The Hall–Kier alpha value is -4.19. The number of amides is 1. The molecule has 46 heavy (non-hydrogen) atoms. The Kier molecular flexibility index (Phi) is 7.15. The number of halogens is 1. The van der Waals surface area contributed by atoms with Gasteiger partial charge in [0.25, 0.3) is 11.5 Å². The summed E-state index contributed by atoms with van der Waals surface area (Å²) in [6, 6.07) is 16.8. The molecule has 0 unspecified atom stereocenters. The summed E-state index contributed by atoms with van der Waals surface area (Å²) in [7, 11) is 1.97. The van der Waals surface area contributed by atoms with Crippen LogP contribution in [0.25, 0.3) is 27.8 Å². The highest BCUT2D eigenvalue weighted by Crippen LogP contribution is 2.52. The second-order valence-electron chi connectivity index (χ2n) is 13.1. The summed E-state index contributed by atoms with van der Waals surface area (Å²) in [5.74, 6) is -0.443. The third-order valence-electron chi connectivity index (χ3n) is 10.4. The van der Waals surface area contributed by atoms with Crippen molar-refractivity contribution in [2.24, 2.45) is 0 Å². The number of carbonyl (C=O) groups is 1. The second kappa shape index (κ2) is 11.3. The van der Waals surface area contributed by atoms with E-state index in [0.29, 0.717) is 31.4 Å². The van der Waals surface area contributed by atoms with Crippen molar-refractivity contribution in [3.05, 3.63) is 93.0 Å².